The Morgan fingerprint density at radius 3 is 2.52 bits per heavy atom. The molecule has 0 aromatic carbocycles. The summed E-state index contributed by atoms with van der Waals surface area (Å²) in [5.74, 6) is 1.14. The molecule has 10 heteroatoms. The molecule has 1 unspecified atom stereocenters. The fourth-order valence-electron chi connectivity index (χ4n) is 3.26. The smallest absolute Gasteiger partial charge is 0.246 e. The van der Waals surface area contributed by atoms with Crippen molar-refractivity contribution in [3.8, 4) is 5.88 Å². The van der Waals surface area contributed by atoms with Crippen molar-refractivity contribution in [2.24, 2.45) is 7.05 Å². The molecule has 1 saturated heterocycles. The summed E-state index contributed by atoms with van der Waals surface area (Å²) in [5.41, 5.74) is 1.16. The second-order valence-electron chi connectivity index (χ2n) is 6.99. The van der Waals surface area contributed by atoms with Crippen LogP contribution >= 0.6 is 0 Å². The van der Waals surface area contributed by atoms with E-state index in [-0.39, 0.29) is 12.6 Å². The minimum atomic E-state index is -3.62. The number of rotatable bonds is 5. The molecular weight excluding hydrogens is 368 g/mol. The highest BCUT2D eigenvalue weighted by Gasteiger charge is 2.34. The van der Waals surface area contributed by atoms with E-state index in [2.05, 4.69) is 15.3 Å². The zero-order chi connectivity index (χ0) is 19.8. The molecule has 1 aliphatic rings. The topological polar surface area (TPSA) is 93.5 Å². The van der Waals surface area contributed by atoms with Gasteiger partial charge in [0.25, 0.3) is 0 Å². The molecule has 27 heavy (non-hydrogen) atoms. The Hall–Kier alpha value is -2.20. The van der Waals surface area contributed by atoms with Crippen LogP contribution in [0.2, 0.25) is 0 Å². The normalized spacial score (nSPS) is 18.5. The average molecular weight is 395 g/mol. The molecule has 0 aliphatic carbocycles. The summed E-state index contributed by atoms with van der Waals surface area (Å²) in [6, 6.07) is 3.58. The van der Waals surface area contributed by atoms with Gasteiger partial charge >= 0.3 is 0 Å². The number of aromatic nitrogens is 4. The van der Waals surface area contributed by atoms with Crippen LogP contribution in [0.4, 0.5) is 5.82 Å². The molecule has 0 radical (unpaired) electrons. The van der Waals surface area contributed by atoms with Crippen molar-refractivity contribution in [1.29, 1.82) is 0 Å². The van der Waals surface area contributed by atoms with Crippen LogP contribution in [0, 0.1) is 13.8 Å². The second-order valence-corrected chi connectivity index (χ2v) is 8.87. The van der Waals surface area contributed by atoms with Crippen LogP contribution in [-0.4, -0.2) is 66.0 Å². The first-order chi connectivity index (χ1) is 12.7. The van der Waals surface area contributed by atoms with E-state index in [9.17, 15) is 8.42 Å². The number of hydrogen-bond donors (Lipinski definition) is 0. The van der Waals surface area contributed by atoms with Crippen LogP contribution in [0.5, 0.6) is 5.88 Å². The van der Waals surface area contributed by atoms with Crippen molar-refractivity contribution >= 4 is 15.8 Å². The Morgan fingerprint density at radius 2 is 1.96 bits per heavy atom. The monoisotopic (exact) mass is 394 g/mol. The Labute approximate surface area is 160 Å². The summed E-state index contributed by atoms with van der Waals surface area (Å²) in [7, 11) is 1.90. The van der Waals surface area contributed by atoms with E-state index < -0.39 is 10.0 Å². The first kappa shape index (κ1) is 19.6. The lowest BCUT2D eigenvalue weighted by atomic mass is 10.1. The molecule has 0 saturated carbocycles. The molecule has 9 nitrogen and oxygen atoms in total. The molecule has 1 atom stereocenters. The van der Waals surface area contributed by atoms with Gasteiger partial charge in [0, 0.05) is 33.8 Å². The van der Waals surface area contributed by atoms with Gasteiger partial charge in [0.2, 0.25) is 15.9 Å². The number of nitrogens with zero attached hydrogens (tertiary/aromatic N) is 6. The van der Waals surface area contributed by atoms with Gasteiger partial charge in [-0.1, -0.05) is 0 Å². The number of anilines is 1. The molecule has 148 valence electrons. The molecule has 0 amide bonds. The number of aryl methyl sites for hydroxylation is 2. The largest absolute Gasteiger partial charge is 0.472 e. The third kappa shape index (κ3) is 3.91. The predicted octanol–water partition coefficient (Wildman–Crippen LogP) is 1.13. The first-order valence-corrected chi connectivity index (χ1v) is 10.3. The maximum absolute atomic E-state index is 13.1. The van der Waals surface area contributed by atoms with E-state index in [4.69, 9.17) is 4.74 Å². The van der Waals surface area contributed by atoms with Gasteiger partial charge in [-0.15, -0.1) is 10.2 Å². The van der Waals surface area contributed by atoms with E-state index in [1.165, 1.54) is 4.31 Å². The number of ether oxygens (including phenoxy) is 1. The molecule has 0 spiro atoms. The van der Waals surface area contributed by atoms with Crippen LogP contribution in [0.3, 0.4) is 0 Å². The summed E-state index contributed by atoms with van der Waals surface area (Å²) < 4.78 is 35.3. The quantitative estimate of drug-likeness (QED) is 0.750. The first-order valence-electron chi connectivity index (χ1n) is 8.88. The van der Waals surface area contributed by atoms with E-state index in [0.717, 1.165) is 18.7 Å². The summed E-state index contributed by atoms with van der Waals surface area (Å²) in [6.45, 7) is 4.25. The van der Waals surface area contributed by atoms with Gasteiger partial charge in [-0.3, -0.25) is 4.68 Å². The van der Waals surface area contributed by atoms with Crippen molar-refractivity contribution in [3.63, 3.8) is 0 Å². The van der Waals surface area contributed by atoms with Crippen LogP contribution < -0.4 is 9.64 Å². The van der Waals surface area contributed by atoms with Crippen molar-refractivity contribution < 1.29 is 13.2 Å². The SMILES string of the molecule is Cc1nn(C)c(C)c1S(=O)(=O)N1CCCC(Oc2ccc(N(C)C)nn2)C1. The van der Waals surface area contributed by atoms with E-state index >= 15 is 0 Å². The fourth-order valence-corrected chi connectivity index (χ4v) is 5.17. The summed E-state index contributed by atoms with van der Waals surface area (Å²) in [6.07, 6.45) is 1.24. The highest BCUT2D eigenvalue weighted by Crippen LogP contribution is 2.27. The maximum Gasteiger partial charge on any atom is 0.246 e. The zero-order valence-electron chi connectivity index (χ0n) is 16.4. The maximum atomic E-state index is 13.1. The summed E-state index contributed by atoms with van der Waals surface area (Å²) in [4.78, 5) is 2.14. The van der Waals surface area contributed by atoms with Gasteiger partial charge in [-0.2, -0.15) is 9.40 Å². The third-order valence-electron chi connectivity index (χ3n) is 4.75. The molecule has 2 aromatic rings. The Bertz CT molecular complexity index is 907. The van der Waals surface area contributed by atoms with Gasteiger partial charge in [-0.25, -0.2) is 8.42 Å². The molecule has 0 N–H and O–H groups in total. The van der Waals surface area contributed by atoms with Crippen LogP contribution in [0.25, 0.3) is 0 Å². The lowest BCUT2D eigenvalue weighted by Crippen LogP contribution is -2.44. The molecule has 1 fully saturated rings. The molecule has 0 bridgehead atoms. The zero-order valence-corrected chi connectivity index (χ0v) is 17.2. The van der Waals surface area contributed by atoms with Gasteiger partial charge in [0.1, 0.15) is 11.0 Å². The lowest BCUT2D eigenvalue weighted by Gasteiger charge is -2.31. The highest BCUT2D eigenvalue weighted by atomic mass is 32.2. The van der Waals surface area contributed by atoms with Crippen LogP contribution in [-0.2, 0) is 17.1 Å². The number of hydrogen-bond acceptors (Lipinski definition) is 7. The van der Waals surface area contributed by atoms with Crippen molar-refractivity contribution in [2.75, 3.05) is 32.1 Å². The Morgan fingerprint density at radius 1 is 1.22 bits per heavy atom. The Balaban J connectivity index is 1.75. The number of piperidine rings is 1. The van der Waals surface area contributed by atoms with E-state index in [1.54, 1.807) is 31.6 Å². The van der Waals surface area contributed by atoms with Gasteiger partial charge in [0.15, 0.2) is 5.82 Å². The van der Waals surface area contributed by atoms with Gasteiger partial charge < -0.3 is 9.64 Å². The van der Waals surface area contributed by atoms with Crippen LogP contribution in [0.15, 0.2) is 17.0 Å². The minimum absolute atomic E-state index is 0.259. The van der Waals surface area contributed by atoms with E-state index in [0.29, 0.717) is 28.7 Å². The average Bonchev–Trinajstić information content (AvgIpc) is 2.88. The summed E-state index contributed by atoms with van der Waals surface area (Å²) >= 11 is 0. The molecule has 1 aliphatic heterocycles. The molecular formula is C17H26N6O3S. The lowest BCUT2D eigenvalue weighted by molar-refractivity contribution is 0.123. The van der Waals surface area contributed by atoms with Crippen molar-refractivity contribution in [1.82, 2.24) is 24.3 Å². The van der Waals surface area contributed by atoms with Crippen molar-refractivity contribution in [3.05, 3.63) is 23.5 Å². The number of sulfonamides is 1. The molecule has 2 aromatic heterocycles. The third-order valence-corrected chi connectivity index (χ3v) is 6.87. The van der Waals surface area contributed by atoms with Gasteiger partial charge in [0.05, 0.1) is 17.9 Å². The Kier molecular flexibility index (Phi) is 5.38. The standard InChI is InChI=1S/C17H26N6O3S/c1-12-17(13(2)22(5)20-12)27(24,25)23-10-6-7-14(11-23)26-16-9-8-15(18-19-16)21(3)4/h8-9,14H,6-7,10-11H2,1-5H3. The van der Waals surface area contributed by atoms with Crippen molar-refractivity contribution in [2.45, 2.75) is 37.7 Å². The predicted molar refractivity (Wildman–Crippen MR) is 101 cm³/mol. The molecule has 3 heterocycles. The van der Waals surface area contributed by atoms with Crippen LogP contribution in [0.1, 0.15) is 24.2 Å². The van der Waals surface area contributed by atoms with E-state index in [1.807, 2.05) is 25.1 Å². The summed E-state index contributed by atoms with van der Waals surface area (Å²) in [5, 5.41) is 12.4. The van der Waals surface area contributed by atoms with Gasteiger partial charge in [-0.05, 0) is 32.8 Å². The minimum Gasteiger partial charge on any atom is -0.472 e. The molecule has 3 rings (SSSR count). The highest BCUT2D eigenvalue weighted by molar-refractivity contribution is 7.89. The second kappa shape index (κ2) is 7.43. The fraction of sp³-hybridized carbons (Fsp3) is 0.588.